The second kappa shape index (κ2) is 8.78. The lowest BCUT2D eigenvalue weighted by molar-refractivity contribution is -0.129. The Bertz CT molecular complexity index is 845. The van der Waals surface area contributed by atoms with Gasteiger partial charge >= 0.3 is 5.97 Å². The van der Waals surface area contributed by atoms with E-state index >= 15 is 0 Å². The molecule has 1 amide bonds. The van der Waals surface area contributed by atoms with Crippen LogP contribution in [0.25, 0.3) is 0 Å². The van der Waals surface area contributed by atoms with E-state index in [9.17, 15) is 9.59 Å². The van der Waals surface area contributed by atoms with Gasteiger partial charge in [-0.2, -0.15) is 0 Å². The van der Waals surface area contributed by atoms with E-state index in [1.807, 2.05) is 24.3 Å². The number of fused-ring (bicyclic) bond motifs is 1. The van der Waals surface area contributed by atoms with E-state index in [1.165, 1.54) is 5.56 Å². The van der Waals surface area contributed by atoms with E-state index in [0.29, 0.717) is 29.5 Å². The minimum atomic E-state index is -0.892. The summed E-state index contributed by atoms with van der Waals surface area (Å²) in [5.41, 5.74) is 2.47. The number of nitrogens with one attached hydrogen (secondary N) is 1. The first kappa shape index (κ1) is 19.7. The molecule has 6 heteroatoms. The third kappa shape index (κ3) is 5.03. The Morgan fingerprint density at radius 2 is 1.68 bits per heavy atom. The normalized spacial score (nSPS) is 13.3. The van der Waals surface area contributed by atoms with Crippen LogP contribution < -0.4 is 14.8 Å². The molecule has 3 rings (SSSR count). The zero-order chi connectivity index (χ0) is 20.1. The predicted molar refractivity (Wildman–Crippen MR) is 104 cm³/mol. The molecule has 0 fully saturated rings. The van der Waals surface area contributed by atoms with Gasteiger partial charge in [0.15, 0.2) is 17.6 Å². The summed E-state index contributed by atoms with van der Waals surface area (Å²) in [7, 11) is 0. The van der Waals surface area contributed by atoms with Crippen LogP contribution in [0.2, 0.25) is 0 Å². The number of amides is 1. The summed E-state index contributed by atoms with van der Waals surface area (Å²) >= 11 is 0. The van der Waals surface area contributed by atoms with E-state index in [-0.39, 0.29) is 12.7 Å². The van der Waals surface area contributed by atoms with Gasteiger partial charge in [0.25, 0.3) is 5.91 Å². The zero-order valence-corrected chi connectivity index (χ0v) is 16.4. The molecule has 2 aromatic rings. The Hall–Kier alpha value is -3.02. The summed E-state index contributed by atoms with van der Waals surface area (Å²) < 4.78 is 15.9. The molecular formula is C22H25NO5. The van der Waals surface area contributed by atoms with Gasteiger partial charge in [-0.3, -0.25) is 4.79 Å². The molecule has 0 saturated heterocycles. The smallest absolute Gasteiger partial charge is 0.338 e. The van der Waals surface area contributed by atoms with E-state index < -0.39 is 12.1 Å². The Kier molecular flexibility index (Phi) is 6.19. The van der Waals surface area contributed by atoms with Crippen molar-refractivity contribution in [3.63, 3.8) is 0 Å². The summed E-state index contributed by atoms with van der Waals surface area (Å²) in [4.78, 5) is 24.5. The summed E-state index contributed by atoms with van der Waals surface area (Å²) in [6.07, 6.45) is 0.0606. The van der Waals surface area contributed by atoms with Gasteiger partial charge < -0.3 is 19.5 Å². The van der Waals surface area contributed by atoms with Gasteiger partial charge in [-0.1, -0.05) is 32.0 Å². The summed E-state index contributed by atoms with van der Waals surface area (Å²) in [6.45, 7) is 6.36. The van der Waals surface area contributed by atoms with Crippen molar-refractivity contribution in [1.29, 1.82) is 0 Å². The molecule has 148 valence electrons. The lowest BCUT2D eigenvalue weighted by atomic mass is 10.0. The molecule has 1 N–H and O–H groups in total. The maximum absolute atomic E-state index is 12.3. The van der Waals surface area contributed by atoms with Gasteiger partial charge in [-0.05, 0) is 54.7 Å². The summed E-state index contributed by atoms with van der Waals surface area (Å²) in [5, 5.41) is 2.76. The molecule has 1 aliphatic rings. The Labute approximate surface area is 164 Å². The number of hydrogen-bond acceptors (Lipinski definition) is 5. The molecule has 2 aromatic carbocycles. The van der Waals surface area contributed by atoms with Crippen molar-refractivity contribution in [2.24, 2.45) is 5.92 Å². The Balaban J connectivity index is 1.50. The summed E-state index contributed by atoms with van der Waals surface area (Å²) in [5.74, 6) is 1.03. The van der Waals surface area contributed by atoms with E-state index in [2.05, 4.69) is 19.2 Å². The van der Waals surface area contributed by atoms with Gasteiger partial charge in [0.2, 0.25) is 6.79 Å². The molecule has 1 aliphatic heterocycles. The second-order valence-electron chi connectivity index (χ2n) is 7.25. The monoisotopic (exact) mass is 383 g/mol. The number of ether oxygens (including phenoxy) is 3. The molecule has 28 heavy (non-hydrogen) atoms. The number of carbonyl (C=O) groups is 2. The first-order valence-corrected chi connectivity index (χ1v) is 9.38. The topological polar surface area (TPSA) is 73.9 Å². The highest BCUT2D eigenvalue weighted by atomic mass is 16.7. The molecule has 0 unspecified atom stereocenters. The molecule has 0 bridgehead atoms. The standard InChI is InChI=1S/C22H25NO5/c1-14(2)10-16-4-7-18(8-5-16)22(25)28-15(3)21(24)23-12-17-6-9-19-20(11-17)27-13-26-19/h4-9,11,14-15H,10,12-13H2,1-3H3,(H,23,24)/t15-/m0/s1. The van der Waals surface area contributed by atoms with E-state index in [0.717, 1.165) is 12.0 Å². The fourth-order valence-electron chi connectivity index (χ4n) is 2.91. The molecule has 0 saturated carbocycles. The summed E-state index contributed by atoms with van der Waals surface area (Å²) in [6, 6.07) is 12.8. The van der Waals surface area contributed by atoms with Crippen LogP contribution in [-0.2, 0) is 22.5 Å². The molecule has 1 atom stereocenters. The van der Waals surface area contributed by atoms with Crippen LogP contribution in [0.1, 0.15) is 42.3 Å². The van der Waals surface area contributed by atoms with E-state index in [1.54, 1.807) is 25.1 Å². The molecule has 0 aliphatic carbocycles. The highest BCUT2D eigenvalue weighted by molar-refractivity contribution is 5.92. The van der Waals surface area contributed by atoms with Crippen molar-refractivity contribution in [3.8, 4) is 11.5 Å². The van der Waals surface area contributed by atoms with Crippen molar-refractivity contribution < 1.29 is 23.8 Å². The van der Waals surface area contributed by atoms with Crippen molar-refractivity contribution >= 4 is 11.9 Å². The van der Waals surface area contributed by atoms with Crippen molar-refractivity contribution in [1.82, 2.24) is 5.32 Å². The second-order valence-corrected chi connectivity index (χ2v) is 7.25. The van der Waals surface area contributed by atoms with Crippen LogP contribution in [0.5, 0.6) is 11.5 Å². The van der Waals surface area contributed by atoms with Crippen LogP contribution in [0.15, 0.2) is 42.5 Å². The van der Waals surface area contributed by atoms with Gasteiger partial charge in [0.1, 0.15) is 0 Å². The lowest BCUT2D eigenvalue weighted by Gasteiger charge is -2.14. The first-order chi connectivity index (χ1) is 13.4. The molecule has 1 heterocycles. The number of benzene rings is 2. The average Bonchev–Trinajstić information content (AvgIpc) is 3.13. The number of esters is 1. The number of carbonyl (C=O) groups excluding carboxylic acids is 2. The van der Waals surface area contributed by atoms with Gasteiger partial charge in [-0.25, -0.2) is 4.79 Å². The molecule has 0 aromatic heterocycles. The Morgan fingerprint density at radius 3 is 2.39 bits per heavy atom. The third-order valence-corrected chi connectivity index (χ3v) is 4.39. The number of hydrogen-bond donors (Lipinski definition) is 1. The molecular weight excluding hydrogens is 358 g/mol. The fraction of sp³-hybridized carbons (Fsp3) is 0.364. The van der Waals surface area contributed by atoms with Crippen LogP contribution in [0.3, 0.4) is 0 Å². The SMILES string of the molecule is CC(C)Cc1ccc(C(=O)O[C@@H](C)C(=O)NCc2ccc3c(c2)OCO3)cc1. The van der Waals surface area contributed by atoms with Gasteiger partial charge in [0, 0.05) is 6.54 Å². The average molecular weight is 383 g/mol. The van der Waals surface area contributed by atoms with Crippen LogP contribution >= 0.6 is 0 Å². The maximum atomic E-state index is 12.3. The maximum Gasteiger partial charge on any atom is 0.338 e. The fourth-order valence-corrected chi connectivity index (χ4v) is 2.91. The highest BCUT2D eigenvalue weighted by Gasteiger charge is 2.19. The largest absolute Gasteiger partial charge is 0.454 e. The Morgan fingerprint density at radius 1 is 1.00 bits per heavy atom. The lowest BCUT2D eigenvalue weighted by Crippen LogP contribution is -2.35. The zero-order valence-electron chi connectivity index (χ0n) is 16.4. The predicted octanol–water partition coefficient (Wildman–Crippen LogP) is 3.48. The van der Waals surface area contributed by atoms with Crippen LogP contribution in [0.4, 0.5) is 0 Å². The minimum Gasteiger partial charge on any atom is -0.454 e. The van der Waals surface area contributed by atoms with Crippen molar-refractivity contribution in [2.45, 2.75) is 39.8 Å². The van der Waals surface area contributed by atoms with Gasteiger partial charge in [0.05, 0.1) is 5.56 Å². The van der Waals surface area contributed by atoms with Gasteiger partial charge in [-0.15, -0.1) is 0 Å². The highest BCUT2D eigenvalue weighted by Crippen LogP contribution is 2.32. The van der Waals surface area contributed by atoms with E-state index in [4.69, 9.17) is 14.2 Å². The minimum absolute atomic E-state index is 0.205. The number of rotatable bonds is 7. The first-order valence-electron chi connectivity index (χ1n) is 9.38. The van der Waals surface area contributed by atoms with Crippen molar-refractivity contribution in [3.05, 3.63) is 59.2 Å². The third-order valence-electron chi connectivity index (χ3n) is 4.39. The quantitative estimate of drug-likeness (QED) is 0.741. The van der Waals surface area contributed by atoms with Crippen LogP contribution in [-0.4, -0.2) is 24.8 Å². The van der Waals surface area contributed by atoms with Crippen LogP contribution in [0, 0.1) is 5.92 Å². The molecule has 0 radical (unpaired) electrons. The van der Waals surface area contributed by atoms with Crippen molar-refractivity contribution in [2.75, 3.05) is 6.79 Å². The molecule has 6 nitrogen and oxygen atoms in total. The molecule has 0 spiro atoms.